The minimum atomic E-state index is -3.64. The Morgan fingerprint density at radius 2 is 1.91 bits per heavy atom. The lowest BCUT2D eigenvalue weighted by atomic mass is 10.1. The Labute approximate surface area is 128 Å². The van der Waals surface area contributed by atoms with Crippen molar-refractivity contribution in [3.8, 4) is 0 Å². The van der Waals surface area contributed by atoms with E-state index in [0.717, 1.165) is 17.4 Å². The van der Waals surface area contributed by atoms with Crippen LogP contribution in [0, 0.1) is 0 Å². The molecule has 0 aliphatic rings. The Morgan fingerprint density at radius 1 is 1.14 bits per heavy atom. The van der Waals surface area contributed by atoms with Crippen molar-refractivity contribution in [1.29, 1.82) is 0 Å². The summed E-state index contributed by atoms with van der Waals surface area (Å²) >= 11 is 0. The summed E-state index contributed by atoms with van der Waals surface area (Å²) in [6, 6.07) is 11.9. The number of aliphatic hydroxyl groups excluding tert-OH is 1. The average Bonchev–Trinajstić information content (AvgIpc) is 2.97. The summed E-state index contributed by atoms with van der Waals surface area (Å²) in [6.07, 6.45) is 4.57. The van der Waals surface area contributed by atoms with Gasteiger partial charge in [0, 0.05) is 24.4 Å². The van der Waals surface area contributed by atoms with E-state index in [1.807, 2.05) is 6.07 Å². The molecule has 0 bridgehead atoms. The molecule has 6 heteroatoms. The highest BCUT2D eigenvalue weighted by Gasteiger charge is 2.19. The van der Waals surface area contributed by atoms with Gasteiger partial charge in [0.05, 0.1) is 4.90 Å². The molecule has 0 spiro atoms. The van der Waals surface area contributed by atoms with Crippen LogP contribution in [0.1, 0.15) is 12.0 Å². The zero-order valence-corrected chi connectivity index (χ0v) is 12.7. The first-order chi connectivity index (χ1) is 10.6. The van der Waals surface area contributed by atoms with Crippen LogP contribution in [0.15, 0.2) is 59.8 Å². The molecular weight excluding hydrogens is 300 g/mol. The number of rotatable bonds is 5. The number of benzene rings is 1. The molecule has 0 amide bonds. The number of hydrogen-bond acceptors (Lipinski definition) is 4. The van der Waals surface area contributed by atoms with Gasteiger partial charge in [0.25, 0.3) is 10.0 Å². The summed E-state index contributed by atoms with van der Waals surface area (Å²) in [5.41, 5.74) is 1.40. The Balaban J connectivity index is 2.05. The minimum Gasteiger partial charge on any atom is -0.396 e. The minimum absolute atomic E-state index is 0.126. The van der Waals surface area contributed by atoms with Crippen LogP contribution in [0.4, 0.5) is 0 Å². The number of aliphatic hydroxyl groups is 1. The van der Waals surface area contributed by atoms with Crippen LogP contribution in [-0.4, -0.2) is 29.1 Å². The normalized spacial score (nSPS) is 11.9. The van der Waals surface area contributed by atoms with E-state index in [1.165, 1.54) is 10.2 Å². The van der Waals surface area contributed by atoms with Crippen molar-refractivity contribution in [2.75, 3.05) is 6.61 Å². The van der Waals surface area contributed by atoms with Crippen molar-refractivity contribution in [3.05, 3.63) is 60.4 Å². The molecule has 3 rings (SSSR count). The van der Waals surface area contributed by atoms with E-state index in [-0.39, 0.29) is 11.5 Å². The monoisotopic (exact) mass is 316 g/mol. The number of aromatic nitrogens is 2. The maximum absolute atomic E-state index is 12.7. The van der Waals surface area contributed by atoms with Crippen molar-refractivity contribution in [2.24, 2.45) is 0 Å². The van der Waals surface area contributed by atoms with Crippen molar-refractivity contribution < 1.29 is 13.5 Å². The van der Waals surface area contributed by atoms with E-state index in [9.17, 15) is 8.42 Å². The number of pyridine rings is 1. The van der Waals surface area contributed by atoms with Crippen molar-refractivity contribution in [3.63, 3.8) is 0 Å². The molecular formula is C16H16N2O3S. The zero-order valence-electron chi connectivity index (χ0n) is 11.9. The van der Waals surface area contributed by atoms with Crippen molar-refractivity contribution >= 4 is 21.1 Å². The third-order valence-corrected chi connectivity index (χ3v) is 5.15. The van der Waals surface area contributed by atoms with E-state index < -0.39 is 10.0 Å². The number of hydrogen-bond donors (Lipinski definition) is 1. The van der Waals surface area contributed by atoms with Crippen LogP contribution >= 0.6 is 0 Å². The number of fused-ring (bicyclic) bond motifs is 1. The Hall–Kier alpha value is -2.18. The molecule has 5 nitrogen and oxygen atoms in total. The standard InChI is InChI=1S/C16H16N2O3S/c19-10-4-5-13-11-14-8-9-18(16(14)17-12-13)22(20,21)15-6-2-1-3-7-15/h1-3,6-9,11-12,19H,4-5,10H2. The van der Waals surface area contributed by atoms with Gasteiger partial charge in [-0.15, -0.1) is 0 Å². The maximum Gasteiger partial charge on any atom is 0.269 e. The van der Waals surface area contributed by atoms with Gasteiger partial charge in [-0.25, -0.2) is 17.4 Å². The van der Waals surface area contributed by atoms with Crippen LogP contribution in [0.5, 0.6) is 0 Å². The van der Waals surface area contributed by atoms with Crippen LogP contribution in [0.25, 0.3) is 11.0 Å². The van der Waals surface area contributed by atoms with Gasteiger partial charge in [0.1, 0.15) is 0 Å². The summed E-state index contributed by atoms with van der Waals surface area (Å²) in [7, 11) is -3.64. The van der Waals surface area contributed by atoms with Gasteiger partial charge in [-0.05, 0) is 42.7 Å². The molecule has 2 aromatic heterocycles. The Bertz CT molecular complexity index is 886. The zero-order chi connectivity index (χ0) is 15.6. The van der Waals surface area contributed by atoms with Crippen molar-refractivity contribution in [1.82, 2.24) is 8.96 Å². The second-order valence-corrected chi connectivity index (χ2v) is 6.83. The predicted octanol–water partition coefficient (Wildman–Crippen LogP) is 2.20. The fourth-order valence-electron chi connectivity index (χ4n) is 2.37. The molecule has 0 unspecified atom stereocenters. The van der Waals surface area contributed by atoms with Gasteiger partial charge in [-0.3, -0.25) is 0 Å². The lowest BCUT2D eigenvalue weighted by Crippen LogP contribution is -2.12. The summed E-state index contributed by atoms with van der Waals surface area (Å²) in [4.78, 5) is 4.52. The van der Waals surface area contributed by atoms with Gasteiger partial charge in [-0.2, -0.15) is 0 Å². The largest absolute Gasteiger partial charge is 0.396 e. The first-order valence-electron chi connectivity index (χ1n) is 7.00. The molecule has 0 aliphatic carbocycles. The first-order valence-corrected chi connectivity index (χ1v) is 8.44. The molecule has 0 fully saturated rings. The van der Waals surface area contributed by atoms with E-state index in [0.29, 0.717) is 12.1 Å². The van der Waals surface area contributed by atoms with E-state index >= 15 is 0 Å². The highest BCUT2D eigenvalue weighted by Crippen LogP contribution is 2.21. The summed E-state index contributed by atoms with van der Waals surface area (Å²) < 4.78 is 26.5. The molecule has 114 valence electrons. The topological polar surface area (TPSA) is 72.2 Å². The molecule has 0 saturated heterocycles. The third kappa shape index (κ3) is 2.63. The molecule has 3 aromatic rings. The fraction of sp³-hybridized carbons (Fsp3) is 0.188. The number of aryl methyl sites for hydroxylation is 1. The predicted molar refractivity (Wildman–Crippen MR) is 84.2 cm³/mol. The van der Waals surface area contributed by atoms with Gasteiger partial charge in [0.15, 0.2) is 5.65 Å². The van der Waals surface area contributed by atoms with Gasteiger partial charge >= 0.3 is 0 Å². The van der Waals surface area contributed by atoms with Gasteiger partial charge in [-0.1, -0.05) is 18.2 Å². The smallest absolute Gasteiger partial charge is 0.269 e. The highest BCUT2D eigenvalue weighted by molar-refractivity contribution is 7.90. The fourth-order valence-corrected chi connectivity index (χ4v) is 3.69. The molecule has 22 heavy (non-hydrogen) atoms. The van der Waals surface area contributed by atoms with Crippen molar-refractivity contribution in [2.45, 2.75) is 17.7 Å². The molecule has 1 N–H and O–H groups in total. The number of nitrogens with zero attached hydrogens (tertiary/aromatic N) is 2. The molecule has 0 saturated carbocycles. The van der Waals surface area contributed by atoms with Gasteiger partial charge < -0.3 is 5.11 Å². The SMILES string of the molecule is O=S(=O)(c1ccccc1)n1ccc2cc(CCCO)cnc21. The Morgan fingerprint density at radius 3 is 2.64 bits per heavy atom. The van der Waals surface area contributed by atoms with E-state index in [2.05, 4.69) is 4.98 Å². The van der Waals surface area contributed by atoms with Crippen LogP contribution < -0.4 is 0 Å². The molecule has 2 heterocycles. The van der Waals surface area contributed by atoms with E-state index in [1.54, 1.807) is 42.6 Å². The second kappa shape index (κ2) is 5.90. The third-order valence-electron chi connectivity index (χ3n) is 3.47. The van der Waals surface area contributed by atoms with Crippen LogP contribution in [0.2, 0.25) is 0 Å². The summed E-state index contributed by atoms with van der Waals surface area (Å²) in [5.74, 6) is 0. The molecule has 0 aliphatic heterocycles. The summed E-state index contributed by atoms with van der Waals surface area (Å²) in [5, 5.41) is 9.65. The molecule has 1 aromatic carbocycles. The molecule has 0 radical (unpaired) electrons. The quantitative estimate of drug-likeness (QED) is 0.783. The average molecular weight is 316 g/mol. The highest BCUT2D eigenvalue weighted by atomic mass is 32.2. The van der Waals surface area contributed by atoms with Crippen LogP contribution in [0.3, 0.4) is 0 Å². The van der Waals surface area contributed by atoms with Crippen LogP contribution in [-0.2, 0) is 16.4 Å². The summed E-state index contributed by atoms with van der Waals surface area (Å²) in [6.45, 7) is 0.126. The molecule has 0 atom stereocenters. The second-order valence-electron chi connectivity index (χ2n) is 5.01. The maximum atomic E-state index is 12.7. The van der Waals surface area contributed by atoms with E-state index in [4.69, 9.17) is 5.11 Å². The first kappa shape index (κ1) is 14.7. The lowest BCUT2D eigenvalue weighted by molar-refractivity contribution is 0.288. The Kier molecular flexibility index (Phi) is 3.96. The van der Waals surface area contributed by atoms with Gasteiger partial charge in [0.2, 0.25) is 0 Å². The lowest BCUT2D eigenvalue weighted by Gasteiger charge is -2.07.